The lowest BCUT2D eigenvalue weighted by Crippen LogP contribution is -2.18. The van der Waals surface area contributed by atoms with Gasteiger partial charge < -0.3 is 4.90 Å². The number of allylic oxidation sites excluding steroid dienone is 1. The third-order valence-corrected chi connectivity index (χ3v) is 2.64. The lowest BCUT2D eigenvalue weighted by Gasteiger charge is -2.18. The van der Waals surface area contributed by atoms with Crippen LogP contribution in [-0.4, -0.2) is 18.5 Å². The summed E-state index contributed by atoms with van der Waals surface area (Å²) in [6.45, 7) is 4.43. The van der Waals surface area contributed by atoms with Gasteiger partial charge in [-0.25, -0.2) is 0 Å². The maximum atomic E-state index is 10.8. The maximum absolute atomic E-state index is 10.8. The van der Waals surface area contributed by atoms with Crippen LogP contribution in [0.15, 0.2) is 30.9 Å². The zero-order chi connectivity index (χ0) is 13.5. The molecule has 0 saturated carbocycles. The number of nitro benzene ring substituents is 1. The monoisotopic (exact) mass is 245 g/mol. The van der Waals surface area contributed by atoms with Crippen LogP contribution >= 0.6 is 0 Å². The lowest BCUT2D eigenvalue weighted by molar-refractivity contribution is -0.385. The highest BCUT2D eigenvalue weighted by atomic mass is 16.6. The molecule has 0 radical (unpaired) electrons. The van der Waals surface area contributed by atoms with Crippen LogP contribution in [0, 0.1) is 21.4 Å². The molecule has 18 heavy (non-hydrogen) atoms. The van der Waals surface area contributed by atoms with E-state index in [-0.39, 0.29) is 11.3 Å². The molecule has 1 rings (SSSR count). The summed E-state index contributed by atoms with van der Waals surface area (Å²) in [6.07, 6.45) is 3.69. The smallest absolute Gasteiger partial charge is 0.289 e. The van der Waals surface area contributed by atoms with Crippen LogP contribution in [0.1, 0.15) is 18.4 Å². The molecular formula is C13H15N3O2. The summed E-state index contributed by atoms with van der Waals surface area (Å²) in [6, 6.07) is 6.46. The lowest BCUT2D eigenvalue weighted by atomic mass is 10.1. The summed E-state index contributed by atoms with van der Waals surface area (Å²) in [5.74, 6) is 0. The minimum Gasteiger partial charge on any atom is -0.374 e. The number of unbranched alkanes of at least 4 members (excludes halogenated alkanes) is 1. The molecule has 0 bridgehead atoms. The van der Waals surface area contributed by atoms with Gasteiger partial charge in [-0.2, -0.15) is 5.26 Å². The summed E-state index contributed by atoms with van der Waals surface area (Å²) in [5, 5.41) is 19.6. The van der Waals surface area contributed by atoms with Gasteiger partial charge in [0.2, 0.25) is 0 Å². The number of nitriles is 1. The van der Waals surface area contributed by atoms with Crippen molar-refractivity contribution in [3.63, 3.8) is 0 Å². The van der Waals surface area contributed by atoms with Gasteiger partial charge in [0.25, 0.3) is 5.69 Å². The molecule has 5 nitrogen and oxygen atoms in total. The Kier molecular flexibility index (Phi) is 4.88. The maximum Gasteiger partial charge on any atom is 0.289 e. The van der Waals surface area contributed by atoms with Crippen molar-refractivity contribution in [1.82, 2.24) is 0 Å². The molecule has 1 aromatic carbocycles. The van der Waals surface area contributed by atoms with Crippen LogP contribution < -0.4 is 4.90 Å². The Morgan fingerprint density at radius 3 is 2.89 bits per heavy atom. The molecule has 0 saturated heterocycles. The van der Waals surface area contributed by atoms with Crippen molar-refractivity contribution in [2.45, 2.75) is 12.8 Å². The molecule has 0 fully saturated rings. The van der Waals surface area contributed by atoms with E-state index in [1.165, 1.54) is 12.1 Å². The molecule has 0 aliphatic carbocycles. The van der Waals surface area contributed by atoms with Gasteiger partial charge in [-0.15, -0.1) is 6.58 Å². The van der Waals surface area contributed by atoms with Crippen molar-refractivity contribution in [1.29, 1.82) is 5.26 Å². The summed E-state index contributed by atoms with van der Waals surface area (Å²) in [5.41, 5.74) is 0.679. The van der Waals surface area contributed by atoms with Gasteiger partial charge >= 0.3 is 0 Å². The fourth-order valence-corrected chi connectivity index (χ4v) is 1.60. The fraction of sp³-hybridized carbons (Fsp3) is 0.308. The summed E-state index contributed by atoms with van der Waals surface area (Å²) in [7, 11) is 1.87. The number of rotatable bonds is 6. The highest BCUT2D eigenvalue weighted by Gasteiger charge is 2.15. The van der Waals surface area contributed by atoms with Gasteiger partial charge in [-0.1, -0.05) is 6.08 Å². The van der Waals surface area contributed by atoms with E-state index in [0.717, 1.165) is 25.1 Å². The highest BCUT2D eigenvalue weighted by molar-refractivity contribution is 5.60. The van der Waals surface area contributed by atoms with E-state index in [1.54, 1.807) is 6.07 Å². The summed E-state index contributed by atoms with van der Waals surface area (Å²) in [4.78, 5) is 12.2. The minimum absolute atomic E-state index is 0.0863. The van der Waals surface area contributed by atoms with Gasteiger partial charge in [0, 0.05) is 25.3 Å². The quantitative estimate of drug-likeness (QED) is 0.334. The normalized spacial score (nSPS) is 9.56. The second-order valence-electron chi connectivity index (χ2n) is 3.92. The highest BCUT2D eigenvalue weighted by Crippen LogP contribution is 2.24. The number of benzene rings is 1. The molecule has 1 aromatic rings. The van der Waals surface area contributed by atoms with Crippen molar-refractivity contribution in [3.8, 4) is 6.07 Å². The second-order valence-corrected chi connectivity index (χ2v) is 3.92. The van der Waals surface area contributed by atoms with Gasteiger partial charge in [0.1, 0.15) is 11.6 Å². The first-order valence-corrected chi connectivity index (χ1v) is 5.60. The van der Waals surface area contributed by atoms with Crippen LogP contribution in [0.4, 0.5) is 11.4 Å². The minimum atomic E-state index is -0.528. The van der Waals surface area contributed by atoms with E-state index in [4.69, 9.17) is 5.26 Å². The Morgan fingerprint density at radius 2 is 2.33 bits per heavy atom. The number of nitrogens with zero attached hydrogens (tertiary/aromatic N) is 3. The van der Waals surface area contributed by atoms with E-state index >= 15 is 0 Å². The zero-order valence-electron chi connectivity index (χ0n) is 10.3. The van der Waals surface area contributed by atoms with Crippen molar-refractivity contribution >= 4 is 11.4 Å². The molecule has 0 amide bonds. The topological polar surface area (TPSA) is 70.2 Å². The predicted octanol–water partition coefficient (Wildman–Crippen LogP) is 2.87. The predicted molar refractivity (Wildman–Crippen MR) is 70.5 cm³/mol. The average molecular weight is 245 g/mol. The number of hydrogen-bond acceptors (Lipinski definition) is 4. The Bertz CT molecular complexity index is 491. The zero-order valence-corrected chi connectivity index (χ0v) is 10.3. The van der Waals surface area contributed by atoms with Gasteiger partial charge in [-0.3, -0.25) is 10.1 Å². The van der Waals surface area contributed by atoms with Crippen LogP contribution in [0.3, 0.4) is 0 Å². The molecule has 0 spiro atoms. The van der Waals surface area contributed by atoms with E-state index in [2.05, 4.69) is 6.58 Å². The second kappa shape index (κ2) is 6.40. The molecule has 0 heterocycles. The van der Waals surface area contributed by atoms with Crippen molar-refractivity contribution in [2.75, 3.05) is 18.5 Å². The van der Waals surface area contributed by atoms with Gasteiger partial charge in [0.15, 0.2) is 0 Å². The average Bonchev–Trinajstić information content (AvgIpc) is 2.38. The number of nitro groups is 1. The Hall–Kier alpha value is -2.35. The molecule has 0 N–H and O–H groups in total. The number of anilines is 1. The third-order valence-electron chi connectivity index (χ3n) is 2.64. The van der Waals surface area contributed by atoms with Crippen LogP contribution in [0.25, 0.3) is 0 Å². The molecule has 94 valence electrons. The Labute approximate surface area is 106 Å². The van der Waals surface area contributed by atoms with Crippen LogP contribution in [0.5, 0.6) is 0 Å². The van der Waals surface area contributed by atoms with Crippen LogP contribution in [0.2, 0.25) is 0 Å². The molecule has 0 atom stereocenters. The molecule has 0 aliphatic rings. The molecule has 0 aliphatic heterocycles. The van der Waals surface area contributed by atoms with Crippen molar-refractivity contribution in [2.24, 2.45) is 0 Å². The summed E-state index contributed by atoms with van der Waals surface area (Å²) >= 11 is 0. The Morgan fingerprint density at radius 1 is 1.61 bits per heavy atom. The standard InChI is InChI=1S/C13H15N3O2/c1-3-4-5-8-15(2)12-7-6-11(10-14)13(9-12)16(17)18/h3,6-7,9H,1,4-5,8H2,2H3. The van der Waals surface area contributed by atoms with Gasteiger partial charge in [-0.05, 0) is 25.0 Å². The van der Waals surface area contributed by atoms with E-state index in [1.807, 2.05) is 24.1 Å². The molecule has 0 aromatic heterocycles. The Balaban J connectivity index is 2.91. The van der Waals surface area contributed by atoms with Crippen LogP contribution in [-0.2, 0) is 0 Å². The van der Waals surface area contributed by atoms with Gasteiger partial charge in [0.05, 0.1) is 4.92 Å². The number of hydrogen-bond donors (Lipinski definition) is 0. The molecular weight excluding hydrogens is 230 g/mol. The SMILES string of the molecule is C=CCCCN(C)c1ccc(C#N)c([N+](=O)[O-])c1. The molecule has 5 heteroatoms. The van der Waals surface area contributed by atoms with E-state index < -0.39 is 4.92 Å². The van der Waals surface area contributed by atoms with Crippen molar-refractivity contribution < 1.29 is 4.92 Å². The first kappa shape index (κ1) is 13.7. The molecule has 0 unspecified atom stereocenters. The largest absolute Gasteiger partial charge is 0.374 e. The van der Waals surface area contributed by atoms with E-state index in [9.17, 15) is 10.1 Å². The third kappa shape index (κ3) is 3.32. The summed E-state index contributed by atoms with van der Waals surface area (Å²) < 4.78 is 0. The first-order valence-electron chi connectivity index (χ1n) is 5.60. The first-order chi connectivity index (χ1) is 8.60. The van der Waals surface area contributed by atoms with E-state index in [0.29, 0.717) is 0 Å². The van der Waals surface area contributed by atoms with Crippen molar-refractivity contribution in [3.05, 3.63) is 46.5 Å². The fourth-order valence-electron chi connectivity index (χ4n) is 1.60.